The van der Waals surface area contributed by atoms with Crippen molar-refractivity contribution in [3.63, 3.8) is 0 Å². The number of carbonyl (C=O) groups is 1. The first-order valence-electron chi connectivity index (χ1n) is 11.4. The number of ether oxygens (including phenoxy) is 5. The smallest absolute Gasteiger partial charge is 0.338 e. The molecule has 0 aliphatic carbocycles. The van der Waals surface area contributed by atoms with Crippen LogP contribution in [-0.2, 0) is 9.53 Å². The van der Waals surface area contributed by atoms with Crippen molar-refractivity contribution in [2.75, 3.05) is 27.6 Å². The van der Waals surface area contributed by atoms with Gasteiger partial charge in [-0.25, -0.2) is 9.79 Å². The Balaban J connectivity index is 1.72. The number of nitrogens with zero attached hydrogens (tertiary/aromatic N) is 2. The maximum absolute atomic E-state index is 13.8. The van der Waals surface area contributed by atoms with E-state index in [9.17, 15) is 14.7 Å². The van der Waals surface area contributed by atoms with Gasteiger partial charge < -0.3 is 28.8 Å². The number of rotatable bonds is 6. The lowest BCUT2D eigenvalue weighted by atomic mass is 9.95. The van der Waals surface area contributed by atoms with E-state index >= 15 is 0 Å². The second-order valence-corrected chi connectivity index (χ2v) is 9.20. The van der Waals surface area contributed by atoms with E-state index in [1.165, 1.54) is 30.1 Å². The van der Waals surface area contributed by atoms with Crippen LogP contribution in [0.3, 0.4) is 0 Å². The third-order valence-corrected chi connectivity index (χ3v) is 7.01. The summed E-state index contributed by atoms with van der Waals surface area (Å²) >= 11 is 1.18. The van der Waals surface area contributed by atoms with Gasteiger partial charge in [0, 0.05) is 0 Å². The molecule has 0 bridgehead atoms. The second kappa shape index (κ2) is 9.66. The standard InChI is InChI=1S/C26H24N2O8S/c1-5-34-25(31)21-13(2)27-26-28(22(21)15-6-7-16-17(11-15)36-12-35-16)24(30)20(37-26)10-14-8-18(32-3)23(29)19(9-14)33-4/h6-11,22,29H,5,12H2,1-4H3/b20-10+/t22-/m1/s1. The summed E-state index contributed by atoms with van der Waals surface area (Å²) < 4.78 is 28.6. The van der Waals surface area contributed by atoms with Crippen molar-refractivity contribution in [1.29, 1.82) is 0 Å². The number of carbonyl (C=O) groups excluding carboxylic acids is 1. The lowest BCUT2D eigenvalue weighted by Crippen LogP contribution is -2.39. The summed E-state index contributed by atoms with van der Waals surface area (Å²) in [6.07, 6.45) is 1.66. The maximum atomic E-state index is 13.8. The van der Waals surface area contributed by atoms with Crippen molar-refractivity contribution >= 4 is 23.4 Å². The lowest BCUT2D eigenvalue weighted by molar-refractivity contribution is -0.139. The maximum Gasteiger partial charge on any atom is 0.338 e. The van der Waals surface area contributed by atoms with Crippen LogP contribution in [0.5, 0.6) is 28.7 Å². The zero-order valence-electron chi connectivity index (χ0n) is 20.6. The monoisotopic (exact) mass is 524 g/mol. The van der Waals surface area contributed by atoms with Gasteiger partial charge in [0.05, 0.1) is 42.7 Å². The molecule has 10 nitrogen and oxygen atoms in total. The molecule has 0 fully saturated rings. The molecule has 0 spiro atoms. The Hall–Kier alpha value is -4.25. The van der Waals surface area contributed by atoms with Gasteiger partial charge in [-0.05, 0) is 55.3 Å². The van der Waals surface area contributed by atoms with Crippen LogP contribution in [0.25, 0.3) is 6.08 Å². The van der Waals surface area contributed by atoms with E-state index in [-0.39, 0.29) is 41.8 Å². The minimum atomic E-state index is -0.782. The van der Waals surface area contributed by atoms with Gasteiger partial charge in [0.15, 0.2) is 27.8 Å². The zero-order chi connectivity index (χ0) is 26.3. The Kier molecular flexibility index (Phi) is 6.38. The van der Waals surface area contributed by atoms with Crippen LogP contribution in [0, 0.1) is 0 Å². The van der Waals surface area contributed by atoms with Crippen LogP contribution in [0.4, 0.5) is 0 Å². The Morgan fingerprint density at radius 1 is 1.19 bits per heavy atom. The van der Waals surface area contributed by atoms with Crippen LogP contribution in [0.15, 0.2) is 51.4 Å². The highest BCUT2D eigenvalue weighted by atomic mass is 32.1. The third-order valence-electron chi connectivity index (χ3n) is 6.03. The molecule has 3 heterocycles. The number of aromatic hydroxyl groups is 1. The minimum Gasteiger partial charge on any atom is -0.502 e. The molecule has 5 rings (SSSR count). The van der Waals surface area contributed by atoms with Crippen LogP contribution >= 0.6 is 11.3 Å². The fraction of sp³-hybridized carbons (Fsp3) is 0.269. The first-order valence-corrected chi connectivity index (χ1v) is 12.2. The van der Waals surface area contributed by atoms with Gasteiger partial charge in [0.1, 0.15) is 0 Å². The Morgan fingerprint density at radius 2 is 1.89 bits per heavy atom. The molecule has 192 valence electrons. The summed E-state index contributed by atoms with van der Waals surface area (Å²) in [4.78, 5) is 31.8. The molecule has 0 radical (unpaired) electrons. The number of phenolic OH excluding ortho intramolecular Hbond substituents is 1. The number of fused-ring (bicyclic) bond motifs is 2. The van der Waals surface area contributed by atoms with Gasteiger partial charge >= 0.3 is 5.97 Å². The van der Waals surface area contributed by atoms with Crippen molar-refractivity contribution in [3.8, 4) is 28.7 Å². The van der Waals surface area contributed by atoms with Crippen molar-refractivity contribution in [3.05, 3.63) is 72.4 Å². The van der Waals surface area contributed by atoms with E-state index in [4.69, 9.17) is 23.7 Å². The van der Waals surface area contributed by atoms with Crippen LogP contribution in [0.2, 0.25) is 0 Å². The summed E-state index contributed by atoms with van der Waals surface area (Å²) in [5.74, 6) is 0.842. The molecule has 2 aliphatic rings. The third kappa shape index (κ3) is 4.20. The number of allylic oxidation sites excluding steroid dienone is 1. The van der Waals surface area contributed by atoms with E-state index in [2.05, 4.69) is 4.99 Å². The molecule has 0 saturated heterocycles. The molecule has 2 aliphatic heterocycles. The van der Waals surface area contributed by atoms with Gasteiger partial charge in [0.2, 0.25) is 12.5 Å². The molecular formula is C26H24N2O8S. The van der Waals surface area contributed by atoms with Gasteiger partial charge in [-0.15, -0.1) is 0 Å². The summed E-state index contributed by atoms with van der Waals surface area (Å²) in [5, 5.41) is 10.2. The Bertz CT molecular complexity index is 1590. The van der Waals surface area contributed by atoms with Gasteiger partial charge in [-0.1, -0.05) is 17.4 Å². The lowest BCUT2D eigenvalue weighted by Gasteiger charge is -2.24. The van der Waals surface area contributed by atoms with E-state index in [0.29, 0.717) is 37.7 Å². The van der Waals surface area contributed by atoms with Gasteiger partial charge in [0.25, 0.3) is 5.56 Å². The highest BCUT2D eigenvalue weighted by molar-refractivity contribution is 7.07. The molecule has 0 saturated carbocycles. The number of hydrogen-bond donors (Lipinski definition) is 1. The van der Waals surface area contributed by atoms with Crippen molar-refractivity contribution in [1.82, 2.24) is 4.57 Å². The first-order chi connectivity index (χ1) is 17.9. The molecule has 1 aromatic heterocycles. The minimum absolute atomic E-state index is 0.0979. The highest BCUT2D eigenvalue weighted by Gasteiger charge is 2.34. The topological polar surface area (TPSA) is 118 Å². The fourth-order valence-electron chi connectivity index (χ4n) is 4.34. The average molecular weight is 525 g/mol. The summed E-state index contributed by atoms with van der Waals surface area (Å²) in [7, 11) is 2.86. The number of thiazole rings is 1. The molecule has 0 unspecified atom stereocenters. The SMILES string of the molecule is CCOC(=O)C1=C(C)N=c2s/c(=C/c3cc(OC)c(O)c(OC)c3)c(=O)n2[C@@H]1c1ccc2c(c1)OCO2. The molecule has 3 aromatic rings. The van der Waals surface area contributed by atoms with E-state index in [1.807, 2.05) is 0 Å². The molecule has 2 aromatic carbocycles. The largest absolute Gasteiger partial charge is 0.502 e. The summed E-state index contributed by atoms with van der Waals surface area (Å²) in [5.41, 5.74) is 1.63. The normalized spacial score (nSPS) is 16.3. The van der Waals surface area contributed by atoms with Crippen molar-refractivity contribution < 1.29 is 33.6 Å². The van der Waals surface area contributed by atoms with E-state index < -0.39 is 12.0 Å². The second-order valence-electron chi connectivity index (χ2n) is 8.19. The molecule has 37 heavy (non-hydrogen) atoms. The zero-order valence-corrected chi connectivity index (χ0v) is 21.4. The predicted octanol–water partition coefficient (Wildman–Crippen LogP) is 2.25. The molecule has 1 N–H and O–H groups in total. The van der Waals surface area contributed by atoms with E-state index in [1.54, 1.807) is 50.3 Å². The molecule has 1 atom stereocenters. The fourth-order valence-corrected chi connectivity index (χ4v) is 5.39. The Morgan fingerprint density at radius 3 is 2.57 bits per heavy atom. The number of benzene rings is 2. The number of methoxy groups -OCH3 is 2. The number of esters is 1. The van der Waals surface area contributed by atoms with Crippen LogP contribution < -0.4 is 33.8 Å². The average Bonchev–Trinajstić information content (AvgIpc) is 3.47. The Labute approximate surface area is 215 Å². The van der Waals surface area contributed by atoms with Crippen molar-refractivity contribution in [2.24, 2.45) is 4.99 Å². The van der Waals surface area contributed by atoms with Crippen LogP contribution in [-0.4, -0.2) is 43.3 Å². The van der Waals surface area contributed by atoms with Crippen molar-refractivity contribution in [2.45, 2.75) is 19.9 Å². The number of aromatic nitrogens is 1. The predicted molar refractivity (Wildman–Crippen MR) is 134 cm³/mol. The summed E-state index contributed by atoms with van der Waals surface area (Å²) in [6.45, 7) is 3.72. The van der Waals surface area contributed by atoms with Gasteiger partial charge in [-0.2, -0.15) is 0 Å². The molecule has 11 heteroatoms. The number of hydrogen-bond acceptors (Lipinski definition) is 10. The van der Waals surface area contributed by atoms with Gasteiger partial charge in [-0.3, -0.25) is 9.36 Å². The van der Waals surface area contributed by atoms with E-state index in [0.717, 1.165) is 0 Å². The quantitative estimate of drug-likeness (QED) is 0.488. The molecular weight excluding hydrogens is 500 g/mol. The van der Waals surface area contributed by atoms with Crippen LogP contribution in [0.1, 0.15) is 31.0 Å². The molecule has 0 amide bonds. The summed E-state index contributed by atoms with van der Waals surface area (Å²) in [6, 6.07) is 7.72. The highest BCUT2D eigenvalue weighted by Crippen LogP contribution is 2.39. The number of phenols is 1. The first kappa shape index (κ1) is 24.4.